The molecular weight excluding hydrogens is 847 g/mol. The highest BCUT2D eigenvalue weighted by Crippen LogP contribution is 2.45. The Morgan fingerprint density at radius 2 is 1.71 bits per heavy atom. The van der Waals surface area contributed by atoms with Crippen LogP contribution in [-0.2, 0) is 35.8 Å². The van der Waals surface area contributed by atoms with Gasteiger partial charge in [0, 0.05) is 35.3 Å². The van der Waals surface area contributed by atoms with Crippen molar-refractivity contribution in [3.63, 3.8) is 0 Å². The summed E-state index contributed by atoms with van der Waals surface area (Å²) in [6.45, 7) is 18.5. The lowest BCUT2D eigenvalue weighted by Gasteiger charge is -2.36. The SMILES string of the molecule is C=CC1C[C@]1(NC(=O)[C@@H]1C[C@@H](Cc2cc(-c3csc(NC(C)C)n3)nc3cc(OC)ccc23)CN1C(=O)[C@@H](NC(=O)OC(C)(C)C)C(C)(C)C)C(=O)NS(=O)(=O)Oc1ccccc1. The minimum absolute atomic E-state index is 0.0146. The van der Waals surface area contributed by atoms with E-state index in [0.717, 1.165) is 16.1 Å². The molecule has 1 saturated carbocycles. The maximum absolute atomic E-state index is 14.9. The molecule has 0 bridgehead atoms. The predicted octanol–water partition coefficient (Wildman–Crippen LogP) is 6.39. The van der Waals surface area contributed by atoms with Crippen LogP contribution in [0.15, 0.2) is 72.6 Å². The minimum atomic E-state index is -4.66. The van der Waals surface area contributed by atoms with Crippen LogP contribution in [0.5, 0.6) is 11.5 Å². The summed E-state index contributed by atoms with van der Waals surface area (Å²) in [5.41, 5.74) is -0.492. The van der Waals surface area contributed by atoms with Crippen LogP contribution >= 0.6 is 11.3 Å². The second-order valence-corrected chi connectivity index (χ2v) is 20.6. The largest absolute Gasteiger partial charge is 0.497 e. The number of aromatic nitrogens is 2. The molecule has 4 N–H and O–H groups in total. The van der Waals surface area contributed by atoms with Crippen LogP contribution in [0.2, 0.25) is 0 Å². The molecule has 2 aromatic carbocycles. The highest BCUT2D eigenvalue weighted by atomic mass is 32.2. The fourth-order valence-corrected chi connectivity index (χ4v) is 9.36. The standard InChI is InChI=1S/C45H57N7O9S2/c1-11-29-23-45(29,40(55)51-63(57,58)61-30-15-13-12-14-16-30)50-38(53)36-20-27(24-52(36)39(54)37(43(4,5)6)49-42(56)60-44(7,8)9)19-28-21-34(35-25-62-41(48-35)46-26(2)3)47-33-22-31(59-10)17-18-32(28)33/h11-18,21-22,25-27,29,36-37H,1,19-20,23-24H2,2-10H3,(H,46,48)(H,49,56)(H,50,53)(H,51,55)/t27-,29?,36+,37-,45-/m1/s1. The lowest BCUT2D eigenvalue weighted by molar-refractivity contribution is -0.143. The second-order valence-electron chi connectivity index (χ2n) is 18.4. The summed E-state index contributed by atoms with van der Waals surface area (Å²) in [6.07, 6.45) is 1.30. The van der Waals surface area contributed by atoms with Gasteiger partial charge in [-0.15, -0.1) is 17.9 Å². The fourth-order valence-electron chi connectivity index (χ4n) is 7.69. The molecule has 1 unspecified atom stereocenters. The lowest BCUT2D eigenvalue weighted by atomic mass is 9.85. The summed E-state index contributed by atoms with van der Waals surface area (Å²) in [5, 5.41) is 12.4. The molecule has 2 fully saturated rings. The van der Waals surface area contributed by atoms with Crippen molar-refractivity contribution < 1.29 is 41.3 Å². The first kappa shape index (κ1) is 46.7. The zero-order valence-corrected chi connectivity index (χ0v) is 38.7. The Kier molecular flexibility index (Phi) is 13.5. The van der Waals surface area contributed by atoms with Crippen molar-refractivity contribution in [3.05, 3.63) is 78.2 Å². The van der Waals surface area contributed by atoms with E-state index >= 15 is 0 Å². The van der Waals surface area contributed by atoms with Crippen molar-refractivity contribution in [1.29, 1.82) is 0 Å². The Balaban J connectivity index is 1.34. The number of ether oxygens (including phenoxy) is 2. The molecule has 1 saturated heterocycles. The van der Waals surface area contributed by atoms with Gasteiger partial charge in [0.25, 0.3) is 5.91 Å². The number of para-hydroxylation sites is 1. The third-order valence-corrected chi connectivity index (χ3v) is 12.4. The number of fused-ring (bicyclic) bond motifs is 1. The monoisotopic (exact) mass is 903 g/mol. The zero-order valence-electron chi connectivity index (χ0n) is 37.1. The number of nitrogens with one attached hydrogen (secondary N) is 4. The molecule has 6 rings (SSSR count). The van der Waals surface area contributed by atoms with Crippen LogP contribution in [0.1, 0.15) is 73.8 Å². The molecule has 4 amide bonds. The Labute approximate surface area is 372 Å². The van der Waals surface area contributed by atoms with E-state index in [9.17, 15) is 27.6 Å². The highest BCUT2D eigenvalue weighted by Gasteiger charge is 2.61. The molecule has 1 aliphatic carbocycles. The van der Waals surface area contributed by atoms with Crippen LogP contribution in [-0.4, -0.2) is 90.0 Å². The van der Waals surface area contributed by atoms with E-state index in [0.29, 0.717) is 29.1 Å². The number of alkyl carbamates (subject to hydrolysis) is 1. The number of amides is 4. The Morgan fingerprint density at radius 1 is 1.00 bits per heavy atom. The number of pyridine rings is 1. The van der Waals surface area contributed by atoms with E-state index in [4.69, 9.17) is 23.6 Å². The van der Waals surface area contributed by atoms with Gasteiger partial charge in [-0.2, -0.15) is 8.42 Å². The summed E-state index contributed by atoms with van der Waals surface area (Å²) in [5.74, 6) is -2.53. The van der Waals surface area contributed by atoms with Crippen LogP contribution in [0.3, 0.4) is 0 Å². The Hall–Kier alpha value is -5.75. The van der Waals surface area contributed by atoms with Gasteiger partial charge in [0.2, 0.25) is 11.8 Å². The van der Waals surface area contributed by atoms with Gasteiger partial charge in [-0.1, -0.05) is 45.0 Å². The highest BCUT2D eigenvalue weighted by molar-refractivity contribution is 7.85. The molecule has 2 aliphatic rings. The maximum Gasteiger partial charge on any atom is 0.409 e. The first-order valence-electron chi connectivity index (χ1n) is 20.8. The first-order valence-corrected chi connectivity index (χ1v) is 23.1. The van der Waals surface area contributed by atoms with Gasteiger partial charge < -0.3 is 34.5 Å². The number of anilines is 1. The summed E-state index contributed by atoms with van der Waals surface area (Å²) < 4.78 is 44.1. The van der Waals surface area contributed by atoms with Crippen LogP contribution in [0, 0.1) is 17.3 Å². The number of nitrogens with zero attached hydrogens (tertiary/aromatic N) is 3. The van der Waals surface area contributed by atoms with Crippen molar-refractivity contribution in [2.75, 3.05) is 19.0 Å². The van der Waals surface area contributed by atoms with Crippen molar-refractivity contribution in [3.8, 4) is 22.9 Å². The molecule has 5 atom stereocenters. The molecule has 0 spiro atoms. The molecule has 2 aromatic heterocycles. The van der Waals surface area contributed by atoms with Gasteiger partial charge in [-0.3, -0.25) is 14.4 Å². The number of carbonyl (C=O) groups excluding carboxylic acids is 4. The summed E-state index contributed by atoms with van der Waals surface area (Å²) in [4.78, 5) is 67.7. The third kappa shape index (κ3) is 11.3. The number of hydrogen-bond donors (Lipinski definition) is 4. The molecule has 3 heterocycles. The van der Waals surface area contributed by atoms with E-state index in [1.807, 2.05) is 48.2 Å². The minimum Gasteiger partial charge on any atom is -0.497 e. The van der Waals surface area contributed by atoms with Crippen molar-refractivity contribution in [2.45, 2.75) is 104 Å². The number of hydrogen-bond acceptors (Lipinski definition) is 13. The quantitative estimate of drug-likeness (QED) is 0.0959. The molecule has 4 aromatic rings. The number of carbonyl (C=O) groups is 4. The smallest absolute Gasteiger partial charge is 0.409 e. The molecule has 16 nitrogen and oxygen atoms in total. The number of benzene rings is 2. The van der Waals surface area contributed by atoms with Crippen LogP contribution in [0.25, 0.3) is 22.3 Å². The molecule has 1 aliphatic heterocycles. The van der Waals surface area contributed by atoms with Gasteiger partial charge in [-0.05, 0) is 101 Å². The van der Waals surface area contributed by atoms with Gasteiger partial charge in [-0.25, -0.2) is 19.5 Å². The first-order chi connectivity index (χ1) is 29.5. The topological polar surface area (TPSA) is 207 Å². The van der Waals surface area contributed by atoms with Gasteiger partial charge in [0.05, 0.1) is 18.3 Å². The number of rotatable bonds is 15. The fraction of sp³-hybridized carbons (Fsp3) is 0.467. The van der Waals surface area contributed by atoms with Crippen LogP contribution < -0.4 is 29.6 Å². The van der Waals surface area contributed by atoms with Crippen molar-refractivity contribution >= 4 is 61.5 Å². The second kappa shape index (κ2) is 18.2. The van der Waals surface area contributed by atoms with Gasteiger partial charge >= 0.3 is 16.4 Å². The molecule has 0 radical (unpaired) electrons. The molecule has 63 heavy (non-hydrogen) atoms. The van der Waals surface area contributed by atoms with Crippen molar-refractivity contribution in [1.82, 2.24) is 30.2 Å². The van der Waals surface area contributed by atoms with E-state index < -0.39 is 68.7 Å². The Morgan fingerprint density at radius 3 is 2.33 bits per heavy atom. The van der Waals surface area contributed by atoms with Gasteiger partial charge in [0.15, 0.2) is 5.13 Å². The third-order valence-electron chi connectivity index (χ3n) is 10.8. The van der Waals surface area contributed by atoms with Crippen molar-refractivity contribution in [2.24, 2.45) is 17.3 Å². The Bertz CT molecular complexity index is 2480. The number of thiazole rings is 1. The van der Waals surface area contributed by atoms with E-state index in [1.165, 1.54) is 34.4 Å². The summed E-state index contributed by atoms with van der Waals surface area (Å²) >= 11 is 1.47. The summed E-state index contributed by atoms with van der Waals surface area (Å²) in [6, 6.07) is 13.2. The van der Waals surface area contributed by atoms with E-state index in [-0.39, 0.29) is 37.1 Å². The molecule has 18 heteroatoms. The lowest BCUT2D eigenvalue weighted by Crippen LogP contribution is -2.60. The predicted molar refractivity (Wildman–Crippen MR) is 241 cm³/mol. The normalized spacial score (nSPS) is 20.4. The van der Waals surface area contributed by atoms with E-state index in [2.05, 4.69) is 22.5 Å². The van der Waals surface area contributed by atoms with Gasteiger partial charge in [0.1, 0.15) is 40.4 Å². The van der Waals surface area contributed by atoms with E-state index in [1.54, 1.807) is 66.9 Å². The number of likely N-dealkylation sites (tertiary alicyclic amines) is 1. The average Bonchev–Trinajstić information content (AvgIpc) is 3.45. The van der Waals surface area contributed by atoms with Crippen LogP contribution in [0.4, 0.5) is 9.93 Å². The average molecular weight is 904 g/mol. The molecule has 338 valence electrons. The molecular formula is C45H57N7O9S2. The number of methoxy groups -OCH3 is 1. The maximum atomic E-state index is 14.9. The summed E-state index contributed by atoms with van der Waals surface area (Å²) in [7, 11) is -3.07. The zero-order chi connectivity index (χ0) is 46.1.